The summed E-state index contributed by atoms with van der Waals surface area (Å²) in [6, 6.07) is 17.8. The van der Waals surface area contributed by atoms with Crippen LogP contribution in [0, 0.1) is 24.0 Å². The molecule has 1 heterocycles. The van der Waals surface area contributed by atoms with Gasteiger partial charge in [0, 0.05) is 24.4 Å². The van der Waals surface area contributed by atoms with E-state index >= 15 is 0 Å². The van der Waals surface area contributed by atoms with E-state index < -0.39 is 4.92 Å². The fourth-order valence-electron chi connectivity index (χ4n) is 3.10. The SMILES string of the molecule is Cc1cccc(C)c1NC(=O)CN(C)c1ccc([N+](=O)[O-])c(-c2ccccc2)n1. The van der Waals surface area contributed by atoms with Gasteiger partial charge in [-0.05, 0) is 31.0 Å². The highest BCUT2D eigenvalue weighted by atomic mass is 16.6. The molecular formula is C22H22N4O3. The van der Waals surface area contributed by atoms with Gasteiger partial charge in [-0.1, -0.05) is 48.5 Å². The number of amides is 1. The Hall–Kier alpha value is -3.74. The number of pyridine rings is 1. The van der Waals surface area contributed by atoms with Crippen molar-refractivity contribution >= 4 is 23.1 Å². The van der Waals surface area contributed by atoms with E-state index in [0.717, 1.165) is 16.8 Å². The maximum atomic E-state index is 12.5. The number of aryl methyl sites for hydroxylation is 2. The molecule has 1 N–H and O–H groups in total. The lowest BCUT2D eigenvalue weighted by Gasteiger charge is -2.19. The molecule has 1 aromatic heterocycles. The van der Waals surface area contributed by atoms with Crippen LogP contribution < -0.4 is 10.2 Å². The molecule has 0 fully saturated rings. The molecule has 0 aliphatic carbocycles. The molecule has 0 unspecified atom stereocenters. The number of carbonyl (C=O) groups excluding carboxylic acids is 1. The van der Waals surface area contributed by atoms with Crippen molar-refractivity contribution < 1.29 is 9.72 Å². The number of carbonyl (C=O) groups is 1. The Kier molecular flexibility index (Phi) is 5.87. The quantitative estimate of drug-likeness (QED) is 0.499. The van der Waals surface area contributed by atoms with Gasteiger partial charge in [0.15, 0.2) is 5.69 Å². The number of hydrogen-bond acceptors (Lipinski definition) is 5. The predicted molar refractivity (Wildman–Crippen MR) is 114 cm³/mol. The molecule has 0 saturated carbocycles. The summed E-state index contributed by atoms with van der Waals surface area (Å²) in [5.74, 6) is 0.289. The summed E-state index contributed by atoms with van der Waals surface area (Å²) < 4.78 is 0. The Morgan fingerprint density at radius 3 is 2.31 bits per heavy atom. The lowest BCUT2D eigenvalue weighted by atomic mass is 10.1. The Morgan fingerprint density at radius 2 is 1.69 bits per heavy atom. The minimum Gasteiger partial charge on any atom is -0.350 e. The zero-order valence-electron chi connectivity index (χ0n) is 16.5. The molecule has 0 bridgehead atoms. The molecule has 0 aliphatic rings. The van der Waals surface area contributed by atoms with Crippen molar-refractivity contribution in [2.75, 3.05) is 23.8 Å². The molecule has 7 heteroatoms. The van der Waals surface area contributed by atoms with E-state index in [4.69, 9.17) is 0 Å². The normalized spacial score (nSPS) is 10.4. The van der Waals surface area contributed by atoms with Crippen molar-refractivity contribution in [3.05, 3.63) is 81.9 Å². The molecule has 3 rings (SSSR count). The Bertz CT molecular complexity index is 1030. The average Bonchev–Trinajstić information content (AvgIpc) is 2.71. The smallest absolute Gasteiger partial charge is 0.295 e. The van der Waals surface area contributed by atoms with Gasteiger partial charge in [-0.15, -0.1) is 0 Å². The molecular weight excluding hydrogens is 368 g/mol. The fourth-order valence-corrected chi connectivity index (χ4v) is 3.10. The van der Waals surface area contributed by atoms with Crippen LogP contribution in [-0.2, 0) is 4.79 Å². The largest absolute Gasteiger partial charge is 0.350 e. The number of likely N-dealkylation sites (N-methyl/N-ethyl adjacent to an activating group) is 1. The van der Waals surface area contributed by atoms with E-state index in [-0.39, 0.29) is 23.8 Å². The van der Waals surface area contributed by atoms with Gasteiger partial charge in [0.05, 0.1) is 11.5 Å². The molecule has 7 nitrogen and oxygen atoms in total. The molecule has 2 aromatic carbocycles. The van der Waals surface area contributed by atoms with Gasteiger partial charge < -0.3 is 10.2 Å². The van der Waals surface area contributed by atoms with Crippen LogP contribution >= 0.6 is 0 Å². The van der Waals surface area contributed by atoms with E-state index in [0.29, 0.717) is 11.4 Å². The maximum Gasteiger partial charge on any atom is 0.295 e. The number of rotatable bonds is 6. The van der Waals surface area contributed by atoms with Crippen molar-refractivity contribution in [3.63, 3.8) is 0 Å². The molecule has 0 saturated heterocycles. The second kappa shape index (κ2) is 8.52. The molecule has 29 heavy (non-hydrogen) atoms. The van der Waals surface area contributed by atoms with E-state index in [1.165, 1.54) is 6.07 Å². The van der Waals surface area contributed by atoms with Gasteiger partial charge in [0.25, 0.3) is 5.69 Å². The van der Waals surface area contributed by atoms with Crippen molar-refractivity contribution in [2.24, 2.45) is 0 Å². The number of nitrogens with zero attached hydrogens (tertiary/aromatic N) is 3. The Labute approximate surface area is 169 Å². The number of hydrogen-bond donors (Lipinski definition) is 1. The summed E-state index contributed by atoms with van der Waals surface area (Å²) >= 11 is 0. The summed E-state index contributed by atoms with van der Waals surface area (Å²) in [5, 5.41) is 14.3. The first-order valence-electron chi connectivity index (χ1n) is 9.15. The number of anilines is 2. The van der Waals surface area contributed by atoms with Crippen LogP contribution in [0.4, 0.5) is 17.2 Å². The summed E-state index contributed by atoms with van der Waals surface area (Å²) in [5.41, 5.74) is 3.62. The first-order chi connectivity index (χ1) is 13.9. The third kappa shape index (κ3) is 4.57. The third-order valence-corrected chi connectivity index (χ3v) is 4.62. The summed E-state index contributed by atoms with van der Waals surface area (Å²) in [6.45, 7) is 3.94. The van der Waals surface area contributed by atoms with Crippen molar-refractivity contribution in [1.29, 1.82) is 0 Å². The molecule has 1 amide bonds. The first-order valence-corrected chi connectivity index (χ1v) is 9.15. The minimum atomic E-state index is -0.452. The molecule has 148 valence electrons. The van der Waals surface area contributed by atoms with Crippen LogP contribution in [0.25, 0.3) is 11.3 Å². The number of nitrogens with one attached hydrogen (secondary N) is 1. The average molecular weight is 390 g/mol. The van der Waals surface area contributed by atoms with Crippen LogP contribution in [-0.4, -0.2) is 29.4 Å². The predicted octanol–water partition coefficient (Wildman–Crippen LogP) is 4.35. The maximum absolute atomic E-state index is 12.5. The summed E-state index contributed by atoms with van der Waals surface area (Å²) in [6.07, 6.45) is 0. The van der Waals surface area contributed by atoms with E-state index in [9.17, 15) is 14.9 Å². The van der Waals surface area contributed by atoms with Gasteiger partial charge >= 0.3 is 0 Å². The lowest BCUT2D eigenvalue weighted by molar-refractivity contribution is -0.384. The highest BCUT2D eigenvalue weighted by molar-refractivity contribution is 5.95. The zero-order valence-corrected chi connectivity index (χ0v) is 16.5. The van der Waals surface area contributed by atoms with Gasteiger partial charge in [-0.2, -0.15) is 0 Å². The van der Waals surface area contributed by atoms with Gasteiger partial charge in [0.1, 0.15) is 5.82 Å². The summed E-state index contributed by atoms with van der Waals surface area (Å²) in [7, 11) is 1.73. The number of para-hydroxylation sites is 1. The topological polar surface area (TPSA) is 88.4 Å². The van der Waals surface area contributed by atoms with Crippen LogP contribution in [0.15, 0.2) is 60.7 Å². The number of benzene rings is 2. The van der Waals surface area contributed by atoms with Crippen LogP contribution in [0.2, 0.25) is 0 Å². The molecule has 0 aliphatic heterocycles. The third-order valence-electron chi connectivity index (χ3n) is 4.62. The minimum absolute atomic E-state index is 0.0623. The van der Waals surface area contributed by atoms with E-state index in [2.05, 4.69) is 10.3 Å². The number of aromatic nitrogens is 1. The highest BCUT2D eigenvalue weighted by Gasteiger charge is 2.19. The van der Waals surface area contributed by atoms with Crippen LogP contribution in [0.1, 0.15) is 11.1 Å². The molecule has 0 spiro atoms. The molecule has 0 radical (unpaired) electrons. The Balaban J connectivity index is 1.83. The standard InChI is InChI=1S/C22H22N4O3/c1-15-8-7-9-16(2)21(15)24-20(27)14-25(3)19-13-12-18(26(28)29)22(23-19)17-10-5-4-6-11-17/h4-13H,14H2,1-3H3,(H,24,27). The number of nitro groups is 1. The van der Waals surface area contributed by atoms with Gasteiger partial charge in [-0.25, -0.2) is 4.98 Å². The Morgan fingerprint density at radius 1 is 1.03 bits per heavy atom. The zero-order chi connectivity index (χ0) is 21.0. The molecule has 3 aromatic rings. The van der Waals surface area contributed by atoms with Crippen LogP contribution in [0.3, 0.4) is 0 Å². The lowest BCUT2D eigenvalue weighted by Crippen LogP contribution is -2.31. The van der Waals surface area contributed by atoms with Crippen LogP contribution in [0.5, 0.6) is 0 Å². The molecule has 0 atom stereocenters. The second-order valence-electron chi connectivity index (χ2n) is 6.83. The van der Waals surface area contributed by atoms with Crippen molar-refractivity contribution in [3.8, 4) is 11.3 Å². The van der Waals surface area contributed by atoms with E-state index in [1.54, 1.807) is 42.3 Å². The summed E-state index contributed by atoms with van der Waals surface area (Å²) in [4.78, 5) is 29.6. The second-order valence-corrected chi connectivity index (χ2v) is 6.83. The first kappa shape index (κ1) is 20.0. The highest BCUT2D eigenvalue weighted by Crippen LogP contribution is 2.30. The monoisotopic (exact) mass is 390 g/mol. The van der Waals surface area contributed by atoms with Gasteiger partial charge in [0.2, 0.25) is 5.91 Å². The van der Waals surface area contributed by atoms with E-state index in [1.807, 2.05) is 38.1 Å². The van der Waals surface area contributed by atoms with Crippen molar-refractivity contribution in [1.82, 2.24) is 4.98 Å². The van der Waals surface area contributed by atoms with Gasteiger partial charge in [-0.3, -0.25) is 14.9 Å². The fraction of sp³-hybridized carbons (Fsp3) is 0.182. The van der Waals surface area contributed by atoms with Crippen molar-refractivity contribution in [2.45, 2.75) is 13.8 Å².